The van der Waals surface area contributed by atoms with Gasteiger partial charge < -0.3 is 9.80 Å². The summed E-state index contributed by atoms with van der Waals surface area (Å²) >= 11 is 0. The molecule has 0 atom stereocenters. The average molecular weight is 815 g/mol. The zero-order valence-corrected chi connectivity index (χ0v) is 35.8. The molecule has 0 amide bonds. The normalized spacial score (nSPS) is 14.3. The van der Waals surface area contributed by atoms with Crippen molar-refractivity contribution in [2.45, 2.75) is 38.6 Å². The van der Waals surface area contributed by atoms with Crippen LogP contribution >= 0.6 is 0 Å². The number of aliphatic imine (C=N–C) groups is 1. The monoisotopic (exact) mass is 814 g/mol. The van der Waals surface area contributed by atoms with Gasteiger partial charge in [0.25, 0.3) is 0 Å². The fraction of sp³-hybridized carbons (Fsp3) is 0.105. The third-order valence-electron chi connectivity index (χ3n) is 12.6. The lowest BCUT2D eigenvalue weighted by molar-refractivity contribution is 0.516. The van der Waals surface area contributed by atoms with Crippen LogP contribution in [0.15, 0.2) is 212 Å². The highest BCUT2D eigenvalue weighted by Crippen LogP contribution is 2.53. The van der Waals surface area contributed by atoms with Gasteiger partial charge in [-0.2, -0.15) is 0 Å². The molecule has 0 unspecified atom stereocenters. The molecule has 0 saturated carbocycles. The van der Waals surface area contributed by atoms with E-state index in [1.807, 2.05) is 0 Å². The zero-order chi connectivity index (χ0) is 42.7. The summed E-state index contributed by atoms with van der Waals surface area (Å²) in [5.74, 6) is 0.901. The Morgan fingerprint density at radius 1 is 0.429 bits per heavy atom. The van der Waals surface area contributed by atoms with Gasteiger partial charge in [-0.1, -0.05) is 127 Å². The van der Waals surface area contributed by atoms with Crippen molar-refractivity contribution in [1.82, 2.24) is 9.97 Å². The number of anilines is 8. The van der Waals surface area contributed by atoms with Gasteiger partial charge in [-0.3, -0.25) is 9.89 Å². The minimum atomic E-state index is -0.542. The zero-order valence-electron chi connectivity index (χ0n) is 35.8. The summed E-state index contributed by atoms with van der Waals surface area (Å²) in [6.07, 6.45) is 1.70. The highest BCUT2D eigenvalue weighted by molar-refractivity contribution is 6.18. The van der Waals surface area contributed by atoms with Crippen molar-refractivity contribution in [3.05, 3.63) is 229 Å². The number of para-hydroxylation sites is 4. The van der Waals surface area contributed by atoms with Crippen LogP contribution in [-0.2, 0) is 11.0 Å². The number of fused-ring (bicyclic) bond motifs is 3. The first-order valence-electron chi connectivity index (χ1n) is 21.6. The lowest BCUT2D eigenvalue weighted by Crippen LogP contribution is -2.44. The first-order valence-corrected chi connectivity index (χ1v) is 21.6. The highest BCUT2D eigenvalue weighted by Gasteiger charge is 2.46. The SMILES string of the molecule is CC1(C)N=C(c2ccc(-c3ccc(N(c4ccccc4)c4ccc(N(c5ccccc5)c5ccccc5)cc4)c4ccccc34)cc2)N2c3ccccc3C(C)(C)c3ncnc1c32. The van der Waals surface area contributed by atoms with Gasteiger partial charge in [0.2, 0.25) is 0 Å². The Morgan fingerprint density at radius 2 is 0.921 bits per heavy atom. The molecule has 6 nitrogen and oxygen atoms in total. The quantitative estimate of drug-likeness (QED) is 0.153. The van der Waals surface area contributed by atoms with Crippen LogP contribution < -0.4 is 14.7 Å². The van der Waals surface area contributed by atoms with E-state index in [1.54, 1.807) is 6.33 Å². The number of benzene rings is 8. The molecule has 0 N–H and O–H groups in total. The first-order chi connectivity index (χ1) is 30.8. The van der Waals surface area contributed by atoms with E-state index in [4.69, 9.17) is 15.0 Å². The van der Waals surface area contributed by atoms with Crippen molar-refractivity contribution in [3.8, 4) is 11.1 Å². The number of aromatic nitrogens is 2. The molecular weight excluding hydrogens is 769 g/mol. The van der Waals surface area contributed by atoms with Gasteiger partial charge in [0.1, 0.15) is 17.7 Å². The van der Waals surface area contributed by atoms with Crippen molar-refractivity contribution in [3.63, 3.8) is 0 Å². The second-order valence-corrected chi connectivity index (χ2v) is 17.3. The molecule has 1 aromatic heterocycles. The Morgan fingerprint density at radius 3 is 1.56 bits per heavy atom. The van der Waals surface area contributed by atoms with E-state index >= 15 is 0 Å². The van der Waals surface area contributed by atoms with Gasteiger partial charge in [-0.05, 0) is 123 Å². The molecule has 0 saturated heterocycles. The van der Waals surface area contributed by atoms with Crippen molar-refractivity contribution < 1.29 is 0 Å². The van der Waals surface area contributed by atoms with E-state index in [0.29, 0.717) is 0 Å². The standard InChI is InChI=1S/C57H46N6/c1-56(2)49-26-16-17-27-51(49)63-52-53(56)58-38-59-54(52)57(3,4)60-55(63)40-30-28-39(29-31-40)46-36-37-50(48-25-15-14-24-47(46)48)62(43-22-12-7-13-23-43)45-34-32-44(33-35-45)61(41-18-8-5-9-19-41)42-20-10-6-11-21-42/h5-38H,1-4H3. The molecule has 0 fully saturated rings. The Labute approximate surface area is 369 Å². The summed E-state index contributed by atoms with van der Waals surface area (Å²) in [5.41, 5.74) is 14.4. The van der Waals surface area contributed by atoms with E-state index < -0.39 is 5.54 Å². The predicted molar refractivity (Wildman–Crippen MR) is 261 cm³/mol. The molecule has 63 heavy (non-hydrogen) atoms. The average Bonchev–Trinajstić information content (AvgIpc) is 3.33. The molecule has 2 aliphatic heterocycles. The van der Waals surface area contributed by atoms with Crippen LogP contribution in [0.2, 0.25) is 0 Å². The predicted octanol–water partition coefficient (Wildman–Crippen LogP) is 14.7. The van der Waals surface area contributed by atoms with Gasteiger partial charge in [0, 0.05) is 44.8 Å². The summed E-state index contributed by atoms with van der Waals surface area (Å²) in [7, 11) is 0. The lowest BCUT2D eigenvalue weighted by Gasteiger charge is -2.45. The molecule has 9 aromatic rings. The van der Waals surface area contributed by atoms with Crippen LogP contribution in [0, 0.1) is 0 Å². The summed E-state index contributed by atoms with van der Waals surface area (Å²) in [5, 5.41) is 2.34. The minimum Gasteiger partial charge on any atom is -0.311 e. The second kappa shape index (κ2) is 15.0. The Bertz CT molecular complexity index is 3120. The summed E-state index contributed by atoms with van der Waals surface area (Å²) in [4.78, 5) is 22.1. The minimum absolute atomic E-state index is 0.290. The molecule has 0 bridgehead atoms. The molecular formula is C57H46N6. The van der Waals surface area contributed by atoms with Crippen LogP contribution in [0.3, 0.4) is 0 Å². The molecule has 3 heterocycles. The fourth-order valence-corrected chi connectivity index (χ4v) is 9.61. The molecule has 8 aromatic carbocycles. The Hall–Kier alpha value is -7.83. The molecule has 11 rings (SSSR count). The van der Waals surface area contributed by atoms with E-state index in [1.165, 1.54) is 16.5 Å². The van der Waals surface area contributed by atoms with Gasteiger partial charge in [-0.15, -0.1) is 0 Å². The molecule has 6 heteroatoms. The van der Waals surface area contributed by atoms with E-state index in [-0.39, 0.29) is 5.41 Å². The Kier molecular flexibility index (Phi) is 9.05. The largest absolute Gasteiger partial charge is 0.311 e. The number of hydrogen-bond acceptors (Lipinski definition) is 6. The van der Waals surface area contributed by atoms with E-state index in [0.717, 1.165) is 79.2 Å². The van der Waals surface area contributed by atoms with E-state index in [9.17, 15) is 0 Å². The third-order valence-corrected chi connectivity index (χ3v) is 12.6. The van der Waals surface area contributed by atoms with Gasteiger partial charge in [0.05, 0.1) is 28.5 Å². The number of rotatable bonds is 8. The van der Waals surface area contributed by atoms with Gasteiger partial charge in [-0.25, -0.2) is 9.97 Å². The maximum atomic E-state index is 5.43. The molecule has 304 valence electrons. The summed E-state index contributed by atoms with van der Waals surface area (Å²) < 4.78 is 0. The van der Waals surface area contributed by atoms with Gasteiger partial charge >= 0.3 is 0 Å². The smallest absolute Gasteiger partial charge is 0.141 e. The lowest BCUT2D eigenvalue weighted by atomic mass is 9.74. The first kappa shape index (κ1) is 38.1. The fourth-order valence-electron chi connectivity index (χ4n) is 9.61. The Balaban J connectivity index is 0.984. The van der Waals surface area contributed by atoms with Crippen LogP contribution in [0.1, 0.15) is 50.2 Å². The van der Waals surface area contributed by atoms with Crippen molar-refractivity contribution in [2.24, 2.45) is 4.99 Å². The second-order valence-electron chi connectivity index (χ2n) is 17.3. The van der Waals surface area contributed by atoms with Crippen molar-refractivity contribution >= 4 is 62.1 Å². The molecule has 0 spiro atoms. The maximum absolute atomic E-state index is 5.43. The molecule has 0 aliphatic carbocycles. The summed E-state index contributed by atoms with van der Waals surface area (Å²) in [6.45, 7) is 8.82. The van der Waals surface area contributed by atoms with Crippen LogP contribution in [-0.4, -0.2) is 15.8 Å². The molecule has 0 radical (unpaired) electrons. The summed E-state index contributed by atoms with van der Waals surface area (Å²) in [6, 6.07) is 71.5. The van der Waals surface area contributed by atoms with Crippen molar-refractivity contribution in [1.29, 1.82) is 0 Å². The number of nitrogens with zero attached hydrogens (tertiary/aromatic N) is 6. The van der Waals surface area contributed by atoms with Crippen LogP contribution in [0.25, 0.3) is 21.9 Å². The topological polar surface area (TPSA) is 47.9 Å². The highest BCUT2D eigenvalue weighted by atomic mass is 15.3. The number of hydrogen-bond donors (Lipinski definition) is 0. The van der Waals surface area contributed by atoms with Crippen molar-refractivity contribution in [2.75, 3.05) is 14.7 Å². The number of amidine groups is 1. The third kappa shape index (κ3) is 6.37. The van der Waals surface area contributed by atoms with Gasteiger partial charge in [0.15, 0.2) is 0 Å². The van der Waals surface area contributed by atoms with Crippen LogP contribution in [0.4, 0.5) is 45.5 Å². The van der Waals surface area contributed by atoms with Crippen LogP contribution in [0.5, 0.6) is 0 Å². The molecule has 2 aliphatic rings. The van der Waals surface area contributed by atoms with E-state index in [2.05, 4.69) is 243 Å². The maximum Gasteiger partial charge on any atom is 0.141 e.